The standard InChI is InChI=1S/C18H21N3O5S2/c1-25-13-5-11(6-14(7-13)26-2)18(22)19-17-15-8-27-9-16(15)20-21(17)12-3-4-28(23,24)10-12/h5-7,12H,3-4,8-10H2,1-2H3,(H,19,22). The molecule has 0 radical (unpaired) electrons. The summed E-state index contributed by atoms with van der Waals surface area (Å²) in [6.45, 7) is 0. The lowest BCUT2D eigenvalue weighted by Gasteiger charge is -2.16. The highest BCUT2D eigenvalue weighted by Gasteiger charge is 2.34. The molecule has 0 aliphatic carbocycles. The maximum atomic E-state index is 13.0. The van der Waals surface area contributed by atoms with E-state index in [4.69, 9.17) is 9.47 Å². The Labute approximate surface area is 167 Å². The third kappa shape index (κ3) is 3.58. The zero-order valence-electron chi connectivity index (χ0n) is 15.6. The molecule has 8 nitrogen and oxygen atoms in total. The molecule has 1 amide bonds. The van der Waals surface area contributed by atoms with Crippen LogP contribution in [0.2, 0.25) is 0 Å². The summed E-state index contributed by atoms with van der Waals surface area (Å²) in [5.74, 6) is 3.01. The number of aromatic nitrogens is 2. The van der Waals surface area contributed by atoms with Crippen molar-refractivity contribution >= 4 is 33.3 Å². The first-order chi connectivity index (χ1) is 13.4. The minimum Gasteiger partial charge on any atom is -0.497 e. The van der Waals surface area contributed by atoms with Gasteiger partial charge in [-0.15, -0.1) is 0 Å². The number of benzene rings is 1. The van der Waals surface area contributed by atoms with Crippen LogP contribution in [0, 0.1) is 0 Å². The number of anilines is 1. The Hall–Kier alpha value is -2.20. The van der Waals surface area contributed by atoms with E-state index in [-0.39, 0.29) is 23.5 Å². The molecule has 10 heteroatoms. The monoisotopic (exact) mass is 423 g/mol. The number of ether oxygens (including phenoxy) is 2. The van der Waals surface area contributed by atoms with E-state index < -0.39 is 9.84 Å². The molecule has 1 N–H and O–H groups in total. The number of carbonyl (C=O) groups excluding carboxylic acids is 1. The van der Waals surface area contributed by atoms with Crippen molar-refractivity contribution < 1.29 is 22.7 Å². The smallest absolute Gasteiger partial charge is 0.257 e. The molecule has 2 aromatic rings. The lowest BCUT2D eigenvalue weighted by Crippen LogP contribution is -2.20. The van der Waals surface area contributed by atoms with Crippen molar-refractivity contribution in [1.29, 1.82) is 0 Å². The van der Waals surface area contributed by atoms with Crippen LogP contribution in [0.5, 0.6) is 11.5 Å². The molecular formula is C18H21N3O5S2. The Kier molecular flexibility index (Phi) is 5.00. The van der Waals surface area contributed by atoms with Crippen molar-refractivity contribution in [2.45, 2.75) is 24.0 Å². The molecule has 1 atom stereocenters. The first-order valence-electron chi connectivity index (χ1n) is 8.83. The van der Waals surface area contributed by atoms with Gasteiger partial charge in [0.1, 0.15) is 17.3 Å². The molecule has 3 heterocycles. The van der Waals surface area contributed by atoms with Gasteiger partial charge in [0.2, 0.25) is 0 Å². The zero-order valence-corrected chi connectivity index (χ0v) is 17.2. The maximum absolute atomic E-state index is 13.0. The van der Waals surface area contributed by atoms with Crippen LogP contribution in [0.1, 0.15) is 34.1 Å². The normalized spacial score (nSPS) is 20.0. The van der Waals surface area contributed by atoms with Crippen molar-refractivity contribution in [1.82, 2.24) is 9.78 Å². The Morgan fingerprint density at radius 1 is 1.21 bits per heavy atom. The summed E-state index contributed by atoms with van der Waals surface area (Å²) < 4.78 is 36.0. The van der Waals surface area contributed by atoms with Gasteiger partial charge in [0.15, 0.2) is 9.84 Å². The van der Waals surface area contributed by atoms with E-state index in [0.717, 1.165) is 22.8 Å². The second kappa shape index (κ2) is 7.32. The van der Waals surface area contributed by atoms with E-state index in [1.165, 1.54) is 14.2 Å². The van der Waals surface area contributed by atoms with E-state index in [1.54, 1.807) is 34.6 Å². The predicted molar refractivity (Wildman–Crippen MR) is 107 cm³/mol. The van der Waals surface area contributed by atoms with Crippen molar-refractivity contribution in [3.8, 4) is 11.5 Å². The largest absolute Gasteiger partial charge is 0.497 e. The number of nitrogens with one attached hydrogen (secondary N) is 1. The number of nitrogens with zero attached hydrogens (tertiary/aromatic N) is 2. The summed E-state index contributed by atoms with van der Waals surface area (Å²) in [5, 5.41) is 7.58. The third-order valence-electron chi connectivity index (χ3n) is 4.98. The molecule has 2 aliphatic rings. The number of amides is 1. The quantitative estimate of drug-likeness (QED) is 0.787. The first kappa shape index (κ1) is 19.1. The van der Waals surface area contributed by atoms with Crippen LogP contribution in [0.25, 0.3) is 0 Å². The highest BCUT2D eigenvalue weighted by molar-refractivity contribution is 7.98. The van der Waals surface area contributed by atoms with Crippen molar-refractivity contribution in [3.05, 3.63) is 35.0 Å². The van der Waals surface area contributed by atoms with Gasteiger partial charge >= 0.3 is 0 Å². The van der Waals surface area contributed by atoms with Crippen LogP contribution in [-0.4, -0.2) is 49.8 Å². The average Bonchev–Trinajstić information content (AvgIpc) is 3.36. The molecule has 2 aliphatic heterocycles. The number of methoxy groups -OCH3 is 2. The lowest BCUT2D eigenvalue weighted by molar-refractivity contribution is 0.102. The van der Waals surface area contributed by atoms with Crippen LogP contribution in [0.15, 0.2) is 18.2 Å². The first-order valence-corrected chi connectivity index (χ1v) is 11.8. The molecule has 1 unspecified atom stereocenters. The number of rotatable bonds is 5. The molecule has 4 rings (SSSR count). The highest BCUT2D eigenvalue weighted by Crippen LogP contribution is 2.38. The summed E-state index contributed by atoms with van der Waals surface area (Å²) >= 11 is 1.72. The molecule has 150 valence electrons. The molecule has 1 fully saturated rings. The Bertz CT molecular complexity index is 1010. The molecule has 1 saturated heterocycles. The summed E-state index contributed by atoms with van der Waals surface area (Å²) in [4.78, 5) is 13.0. The molecule has 0 bridgehead atoms. The second-order valence-corrected chi connectivity index (χ2v) is 10.0. The number of thioether (sulfide) groups is 1. The van der Waals surface area contributed by atoms with E-state index in [0.29, 0.717) is 29.3 Å². The molecular weight excluding hydrogens is 402 g/mol. The van der Waals surface area contributed by atoms with E-state index in [2.05, 4.69) is 10.4 Å². The van der Waals surface area contributed by atoms with Gasteiger partial charge in [-0.2, -0.15) is 16.9 Å². The summed E-state index contributed by atoms with van der Waals surface area (Å²) in [6.07, 6.45) is 0.506. The predicted octanol–water partition coefficient (Wildman–Crippen LogP) is 2.26. The van der Waals surface area contributed by atoms with Crippen LogP contribution in [0.4, 0.5) is 5.82 Å². The van der Waals surface area contributed by atoms with Gasteiger partial charge < -0.3 is 14.8 Å². The van der Waals surface area contributed by atoms with Crippen LogP contribution < -0.4 is 14.8 Å². The summed E-state index contributed by atoms with van der Waals surface area (Å²) in [6, 6.07) is 4.70. The number of hydrogen-bond donors (Lipinski definition) is 1. The van der Waals surface area contributed by atoms with Gasteiger partial charge in [0, 0.05) is 28.7 Å². The number of fused-ring (bicyclic) bond motifs is 1. The zero-order chi connectivity index (χ0) is 19.9. The minimum atomic E-state index is -3.06. The van der Waals surface area contributed by atoms with Gasteiger partial charge in [0.25, 0.3) is 5.91 Å². The fourth-order valence-electron chi connectivity index (χ4n) is 3.52. The molecule has 28 heavy (non-hydrogen) atoms. The SMILES string of the molecule is COc1cc(OC)cc(C(=O)Nc2c3c(nn2C2CCS(=O)(=O)C2)CSC3)c1. The number of hydrogen-bond acceptors (Lipinski definition) is 7. The Morgan fingerprint density at radius 3 is 2.54 bits per heavy atom. The van der Waals surface area contributed by atoms with Crippen molar-refractivity contribution in [2.75, 3.05) is 31.0 Å². The van der Waals surface area contributed by atoms with Gasteiger partial charge in [0.05, 0.1) is 37.5 Å². The van der Waals surface area contributed by atoms with Crippen molar-refractivity contribution in [2.24, 2.45) is 0 Å². The van der Waals surface area contributed by atoms with Gasteiger partial charge in [-0.1, -0.05) is 0 Å². The van der Waals surface area contributed by atoms with Crippen LogP contribution in [-0.2, 0) is 21.3 Å². The summed E-state index contributed by atoms with van der Waals surface area (Å²) in [5.41, 5.74) is 2.27. The van der Waals surface area contributed by atoms with Gasteiger partial charge in [-0.05, 0) is 18.6 Å². The molecule has 1 aromatic heterocycles. The number of carbonyl (C=O) groups is 1. The molecule has 1 aromatic carbocycles. The number of sulfone groups is 1. The average molecular weight is 424 g/mol. The lowest BCUT2D eigenvalue weighted by atomic mass is 10.1. The summed E-state index contributed by atoms with van der Waals surface area (Å²) in [7, 11) is -0.0152. The second-order valence-electron chi connectivity index (χ2n) is 6.82. The van der Waals surface area contributed by atoms with Crippen LogP contribution >= 0.6 is 11.8 Å². The van der Waals surface area contributed by atoms with Crippen molar-refractivity contribution in [3.63, 3.8) is 0 Å². The van der Waals surface area contributed by atoms with E-state index in [1.807, 2.05) is 0 Å². The maximum Gasteiger partial charge on any atom is 0.257 e. The third-order valence-corrected chi connectivity index (χ3v) is 7.70. The van der Waals surface area contributed by atoms with E-state index in [9.17, 15) is 13.2 Å². The molecule has 0 spiro atoms. The Morgan fingerprint density at radius 2 is 1.93 bits per heavy atom. The topological polar surface area (TPSA) is 99.5 Å². The fourth-order valence-corrected chi connectivity index (χ4v) is 6.24. The molecule has 0 saturated carbocycles. The minimum absolute atomic E-state index is 0.0521. The van der Waals surface area contributed by atoms with Gasteiger partial charge in [-0.25, -0.2) is 13.1 Å². The highest BCUT2D eigenvalue weighted by atomic mass is 32.2. The fraction of sp³-hybridized carbons (Fsp3) is 0.444. The van der Waals surface area contributed by atoms with E-state index >= 15 is 0 Å². The Balaban J connectivity index is 1.67. The van der Waals surface area contributed by atoms with Gasteiger partial charge in [-0.3, -0.25) is 4.79 Å². The van der Waals surface area contributed by atoms with Crippen LogP contribution in [0.3, 0.4) is 0 Å².